The normalized spacial score (nSPS) is 9.92. The Labute approximate surface area is 71.7 Å². The van der Waals surface area contributed by atoms with Crippen LogP contribution in [0.25, 0.3) is 0 Å². The molecule has 0 amide bonds. The summed E-state index contributed by atoms with van der Waals surface area (Å²) in [7, 11) is 1.49. The van der Waals surface area contributed by atoms with Crippen molar-refractivity contribution < 1.29 is 4.74 Å². The second kappa shape index (κ2) is 3.38. The lowest BCUT2D eigenvalue weighted by atomic mass is 10.4. The first-order valence-electron chi connectivity index (χ1n) is 3.76. The molecule has 1 aromatic heterocycles. The highest BCUT2D eigenvalue weighted by atomic mass is 16.5. The number of rotatable bonds is 2. The molecule has 0 bridgehead atoms. The van der Waals surface area contributed by atoms with E-state index in [1.54, 1.807) is 4.68 Å². The van der Waals surface area contributed by atoms with E-state index in [0.29, 0.717) is 6.54 Å². The number of nitrogens with zero attached hydrogens (tertiary/aromatic N) is 2. The molecule has 0 saturated carbocycles. The van der Waals surface area contributed by atoms with Crippen molar-refractivity contribution in [1.82, 2.24) is 9.78 Å². The van der Waals surface area contributed by atoms with Gasteiger partial charge in [0.25, 0.3) is 0 Å². The lowest BCUT2D eigenvalue weighted by Gasteiger charge is -2.03. The fourth-order valence-corrected chi connectivity index (χ4v) is 1.04. The summed E-state index contributed by atoms with van der Waals surface area (Å²) in [6.45, 7) is 4.30. The number of hydrogen-bond acceptors (Lipinski definition) is 3. The van der Waals surface area contributed by atoms with Crippen molar-refractivity contribution >= 4 is 5.90 Å². The van der Waals surface area contributed by atoms with E-state index in [4.69, 9.17) is 10.1 Å². The van der Waals surface area contributed by atoms with Crippen molar-refractivity contribution in [3.63, 3.8) is 0 Å². The minimum absolute atomic E-state index is 0.223. The zero-order chi connectivity index (χ0) is 9.14. The summed E-state index contributed by atoms with van der Waals surface area (Å²) in [6, 6.07) is 1.98. The molecular weight excluding hydrogens is 154 g/mol. The molecule has 0 saturated heterocycles. The molecule has 1 N–H and O–H groups in total. The Morgan fingerprint density at radius 3 is 2.75 bits per heavy atom. The molecule has 12 heavy (non-hydrogen) atoms. The smallest absolute Gasteiger partial charge is 0.202 e. The van der Waals surface area contributed by atoms with E-state index in [1.807, 2.05) is 19.9 Å². The van der Waals surface area contributed by atoms with Crippen LogP contribution in [0.15, 0.2) is 6.07 Å². The molecular formula is C8H13N3O. The van der Waals surface area contributed by atoms with Crippen molar-refractivity contribution in [2.75, 3.05) is 7.11 Å². The van der Waals surface area contributed by atoms with Crippen LogP contribution in [0.1, 0.15) is 11.4 Å². The lowest BCUT2D eigenvalue weighted by molar-refractivity contribution is 0.376. The Morgan fingerprint density at radius 1 is 1.67 bits per heavy atom. The Bertz CT molecular complexity index is 290. The third kappa shape index (κ3) is 1.84. The molecule has 1 heterocycles. The molecule has 0 aliphatic heterocycles. The average Bonchev–Trinajstić information content (AvgIpc) is 2.30. The van der Waals surface area contributed by atoms with Crippen molar-refractivity contribution in [1.29, 1.82) is 5.41 Å². The maximum absolute atomic E-state index is 7.30. The number of methoxy groups -OCH3 is 1. The van der Waals surface area contributed by atoms with Crippen molar-refractivity contribution in [2.24, 2.45) is 0 Å². The monoisotopic (exact) mass is 167 g/mol. The number of ether oxygens (including phenoxy) is 1. The Hall–Kier alpha value is -1.32. The fourth-order valence-electron chi connectivity index (χ4n) is 1.04. The molecule has 1 aromatic rings. The lowest BCUT2D eigenvalue weighted by Crippen LogP contribution is -2.13. The van der Waals surface area contributed by atoms with Gasteiger partial charge in [-0.3, -0.25) is 10.1 Å². The standard InChI is InChI=1S/C8H13N3O/c1-6-4-7(2)11(10-6)5-8(9)12-3/h4,9H,5H2,1-3H3. The molecule has 1 rings (SSSR count). The zero-order valence-electron chi connectivity index (χ0n) is 7.59. The Kier molecular flexibility index (Phi) is 2.47. The van der Waals surface area contributed by atoms with E-state index in [2.05, 4.69) is 5.10 Å². The van der Waals surface area contributed by atoms with Gasteiger partial charge >= 0.3 is 0 Å². The summed E-state index contributed by atoms with van der Waals surface area (Å²) in [5.41, 5.74) is 2.02. The van der Waals surface area contributed by atoms with E-state index >= 15 is 0 Å². The molecule has 0 atom stereocenters. The first-order chi connectivity index (χ1) is 5.63. The van der Waals surface area contributed by atoms with E-state index in [1.165, 1.54) is 7.11 Å². The number of hydrogen-bond donors (Lipinski definition) is 1. The average molecular weight is 167 g/mol. The first-order valence-corrected chi connectivity index (χ1v) is 3.76. The van der Waals surface area contributed by atoms with Crippen LogP contribution in [0.4, 0.5) is 0 Å². The van der Waals surface area contributed by atoms with Gasteiger partial charge in [-0.1, -0.05) is 0 Å². The predicted octanol–water partition coefficient (Wildman–Crippen LogP) is 1.12. The maximum atomic E-state index is 7.30. The minimum atomic E-state index is 0.223. The van der Waals surface area contributed by atoms with Crippen LogP contribution >= 0.6 is 0 Å². The van der Waals surface area contributed by atoms with Crippen LogP contribution < -0.4 is 0 Å². The highest BCUT2D eigenvalue weighted by molar-refractivity contribution is 5.72. The van der Waals surface area contributed by atoms with Crippen molar-refractivity contribution in [3.8, 4) is 0 Å². The van der Waals surface area contributed by atoms with Crippen LogP contribution in [0, 0.1) is 19.3 Å². The molecule has 0 unspecified atom stereocenters. The van der Waals surface area contributed by atoms with Gasteiger partial charge in [0.15, 0.2) is 0 Å². The second-order valence-corrected chi connectivity index (χ2v) is 2.71. The summed E-state index contributed by atoms with van der Waals surface area (Å²) in [6.07, 6.45) is 0. The van der Waals surface area contributed by atoms with Gasteiger partial charge in [-0.2, -0.15) is 5.10 Å². The van der Waals surface area contributed by atoms with Crippen molar-refractivity contribution in [3.05, 3.63) is 17.5 Å². The predicted molar refractivity (Wildman–Crippen MR) is 46.4 cm³/mol. The van der Waals surface area contributed by atoms with Gasteiger partial charge in [-0.25, -0.2) is 0 Å². The molecule has 0 aliphatic rings. The van der Waals surface area contributed by atoms with Gasteiger partial charge in [0.05, 0.1) is 12.8 Å². The van der Waals surface area contributed by atoms with Gasteiger partial charge in [0.1, 0.15) is 6.54 Å². The van der Waals surface area contributed by atoms with Crippen LogP contribution in [0.5, 0.6) is 0 Å². The summed E-state index contributed by atoms with van der Waals surface area (Å²) in [5, 5.41) is 11.5. The van der Waals surface area contributed by atoms with Gasteiger partial charge in [-0.15, -0.1) is 0 Å². The van der Waals surface area contributed by atoms with Crippen LogP contribution in [0.2, 0.25) is 0 Å². The third-order valence-electron chi connectivity index (χ3n) is 1.64. The summed E-state index contributed by atoms with van der Waals surface area (Å²) in [5.74, 6) is 0.223. The molecule has 66 valence electrons. The zero-order valence-corrected chi connectivity index (χ0v) is 7.59. The maximum Gasteiger partial charge on any atom is 0.202 e. The van der Waals surface area contributed by atoms with E-state index < -0.39 is 0 Å². The number of aromatic nitrogens is 2. The molecule has 0 aliphatic carbocycles. The van der Waals surface area contributed by atoms with E-state index in [0.717, 1.165) is 11.4 Å². The SMILES string of the molecule is COC(=N)Cn1nc(C)cc1C. The summed E-state index contributed by atoms with van der Waals surface area (Å²) < 4.78 is 6.49. The molecule has 0 aromatic carbocycles. The molecule has 0 spiro atoms. The molecule has 0 fully saturated rings. The van der Waals surface area contributed by atoms with Crippen LogP contribution in [-0.2, 0) is 11.3 Å². The number of aryl methyl sites for hydroxylation is 2. The Morgan fingerprint density at radius 2 is 2.33 bits per heavy atom. The second-order valence-electron chi connectivity index (χ2n) is 2.71. The first kappa shape index (κ1) is 8.77. The quantitative estimate of drug-likeness (QED) is 0.530. The van der Waals surface area contributed by atoms with Gasteiger partial charge in [0, 0.05) is 5.69 Å². The Balaban J connectivity index is 2.75. The van der Waals surface area contributed by atoms with Crippen molar-refractivity contribution in [2.45, 2.75) is 20.4 Å². The third-order valence-corrected chi connectivity index (χ3v) is 1.64. The highest BCUT2D eigenvalue weighted by Crippen LogP contribution is 2.01. The van der Waals surface area contributed by atoms with Crippen LogP contribution in [-0.4, -0.2) is 22.8 Å². The molecule has 4 nitrogen and oxygen atoms in total. The molecule has 0 radical (unpaired) electrons. The van der Waals surface area contributed by atoms with Gasteiger partial charge in [-0.05, 0) is 19.9 Å². The van der Waals surface area contributed by atoms with Gasteiger partial charge < -0.3 is 4.74 Å². The van der Waals surface area contributed by atoms with Gasteiger partial charge in [0.2, 0.25) is 5.90 Å². The fraction of sp³-hybridized carbons (Fsp3) is 0.500. The topological polar surface area (TPSA) is 50.9 Å². The number of nitrogens with one attached hydrogen (secondary N) is 1. The highest BCUT2D eigenvalue weighted by Gasteiger charge is 2.02. The molecule has 4 heteroatoms. The summed E-state index contributed by atoms with van der Waals surface area (Å²) in [4.78, 5) is 0. The van der Waals surface area contributed by atoms with E-state index in [-0.39, 0.29) is 5.90 Å². The largest absolute Gasteiger partial charge is 0.483 e. The van der Waals surface area contributed by atoms with Crippen LogP contribution in [0.3, 0.4) is 0 Å². The summed E-state index contributed by atoms with van der Waals surface area (Å²) >= 11 is 0. The minimum Gasteiger partial charge on any atom is -0.483 e. The van der Waals surface area contributed by atoms with E-state index in [9.17, 15) is 0 Å².